The van der Waals surface area contributed by atoms with E-state index in [1.54, 1.807) is 0 Å². The van der Waals surface area contributed by atoms with Crippen LogP contribution in [0.1, 0.15) is 28.8 Å². The average molecular weight is 445 g/mol. The van der Waals surface area contributed by atoms with E-state index in [1.165, 1.54) is 31.3 Å². The summed E-state index contributed by atoms with van der Waals surface area (Å²) >= 11 is 0. The highest BCUT2D eigenvalue weighted by atomic mass is 19.1. The molecule has 0 saturated heterocycles. The lowest BCUT2D eigenvalue weighted by Gasteiger charge is -2.17. The maximum absolute atomic E-state index is 14.7. The molecule has 1 saturated carbocycles. The normalized spacial score (nSPS) is 13.6. The second-order valence-electron chi connectivity index (χ2n) is 7.26. The highest BCUT2D eigenvalue weighted by Gasteiger charge is 2.51. The number of amides is 3. The first-order valence-electron chi connectivity index (χ1n) is 9.70. The number of likely N-dealkylation sites (N-methyl/N-ethyl adjacent to an activating group) is 1. The lowest BCUT2D eigenvalue weighted by atomic mass is 9.98. The molecule has 3 amide bonds. The van der Waals surface area contributed by atoms with Crippen molar-refractivity contribution in [3.8, 4) is 11.1 Å². The number of carbonyl (C=O) groups is 4. The molecule has 0 aromatic heterocycles. The molecule has 1 aliphatic carbocycles. The van der Waals surface area contributed by atoms with Gasteiger partial charge in [0.2, 0.25) is 5.91 Å². The zero-order valence-corrected chi connectivity index (χ0v) is 17.4. The Labute approximate surface area is 182 Å². The fourth-order valence-corrected chi connectivity index (χ4v) is 3.20. The molecule has 3 rings (SSSR count). The first-order valence-corrected chi connectivity index (χ1v) is 9.70. The van der Waals surface area contributed by atoms with Crippen molar-refractivity contribution in [1.29, 1.82) is 0 Å². The molecule has 0 aliphatic heterocycles. The third-order valence-electron chi connectivity index (χ3n) is 5.18. The van der Waals surface area contributed by atoms with Crippen LogP contribution in [0.25, 0.3) is 11.1 Å². The topological polar surface area (TPSA) is 114 Å². The summed E-state index contributed by atoms with van der Waals surface area (Å²) in [7, 11) is 2.42. The fraction of sp³-hybridized carbons (Fsp3) is 0.273. The zero-order chi connectivity index (χ0) is 23.5. The van der Waals surface area contributed by atoms with Crippen LogP contribution in [-0.4, -0.2) is 43.4 Å². The number of hydrogen-bond acceptors (Lipinski definition) is 5. The van der Waals surface area contributed by atoms with Gasteiger partial charge in [-0.05, 0) is 36.1 Å². The van der Waals surface area contributed by atoms with E-state index in [-0.39, 0.29) is 28.8 Å². The minimum Gasteiger partial charge on any atom is -0.465 e. The summed E-state index contributed by atoms with van der Waals surface area (Å²) in [6, 6.07) is 7.99. The zero-order valence-electron chi connectivity index (χ0n) is 17.4. The molecule has 10 heteroatoms. The highest BCUT2D eigenvalue weighted by molar-refractivity contribution is 6.35. The lowest BCUT2D eigenvalue weighted by molar-refractivity contribution is -0.140. The smallest absolute Gasteiger partial charge is 0.341 e. The molecule has 0 unspecified atom stereocenters. The Bertz CT molecular complexity index is 1100. The van der Waals surface area contributed by atoms with Gasteiger partial charge < -0.3 is 20.7 Å². The van der Waals surface area contributed by atoms with Crippen LogP contribution in [0.5, 0.6) is 0 Å². The number of hydrogen-bond donors (Lipinski definition) is 3. The quantitative estimate of drug-likeness (QED) is 0.460. The minimum atomic E-state index is -1.18. The van der Waals surface area contributed by atoms with Crippen molar-refractivity contribution in [2.24, 2.45) is 0 Å². The summed E-state index contributed by atoms with van der Waals surface area (Å²) in [6.45, 7) is -0.171. The van der Waals surface area contributed by atoms with E-state index in [2.05, 4.69) is 20.7 Å². The molecule has 0 bridgehead atoms. The predicted octanol–water partition coefficient (Wildman–Crippen LogP) is 1.43. The van der Waals surface area contributed by atoms with E-state index in [0.717, 1.165) is 19.2 Å². The Kier molecular flexibility index (Phi) is 6.52. The summed E-state index contributed by atoms with van der Waals surface area (Å²) < 4.78 is 33.4. The molecule has 3 N–H and O–H groups in total. The van der Waals surface area contributed by atoms with Crippen LogP contribution < -0.4 is 16.0 Å². The van der Waals surface area contributed by atoms with E-state index >= 15 is 0 Å². The third kappa shape index (κ3) is 4.58. The van der Waals surface area contributed by atoms with Crippen molar-refractivity contribution in [1.82, 2.24) is 16.0 Å². The van der Waals surface area contributed by atoms with Crippen molar-refractivity contribution >= 4 is 23.7 Å². The molecule has 1 aliphatic rings. The Morgan fingerprint density at radius 1 is 1.03 bits per heavy atom. The first kappa shape index (κ1) is 22.9. The number of methoxy groups -OCH3 is 1. The van der Waals surface area contributed by atoms with Gasteiger partial charge >= 0.3 is 17.8 Å². The monoisotopic (exact) mass is 445 g/mol. The molecule has 0 atom stereocenters. The Morgan fingerprint density at radius 2 is 1.75 bits per heavy atom. The van der Waals surface area contributed by atoms with Crippen LogP contribution in [0.3, 0.4) is 0 Å². The van der Waals surface area contributed by atoms with E-state index in [0.29, 0.717) is 12.8 Å². The van der Waals surface area contributed by atoms with Gasteiger partial charge in [-0.25, -0.2) is 13.6 Å². The van der Waals surface area contributed by atoms with E-state index in [9.17, 15) is 28.0 Å². The average Bonchev–Trinajstić information content (AvgIpc) is 3.57. The second-order valence-corrected chi connectivity index (χ2v) is 7.26. The van der Waals surface area contributed by atoms with Gasteiger partial charge in [0, 0.05) is 19.2 Å². The largest absolute Gasteiger partial charge is 0.465 e. The van der Waals surface area contributed by atoms with Crippen LogP contribution in [0.4, 0.5) is 8.78 Å². The van der Waals surface area contributed by atoms with Gasteiger partial charge in [0.05, 0.1) is 7.11 Å². The maximum atomic E-state index is 14.7. The lowest BCUT2D eigenvalue weighted by Crippen LogP contribution is -2.52. The molecule has 1 fully saturated rings. The molecule has 8 nitrogen and oxygen atoms in total. The summed E-state index contributed by atoms with van der Waals surface area (Å²) in [4.78, 5) is 47.5. The molecular weight excluding hydrogens is 424 g/mol. The second kappa shape index (κ2) is 9.13. The summed E-state index contributed by atoms with van der Waals surface area (Å²) in [5.41, 5.74) is -0.921. The molecule has 0 heterocycles. The number of halogens is 2. The molecule has 168 valence electrons. The molecule has 32 heavy (non-hydrogen) atoms. The van der Waals surface area contributed by atoms with Crippen LogP contribution in [0.2, 0.25) is 0 Å². The summed E-state index contributed by atoms with van der Waals surface area (Å²) in [5, 5.41) is 7.11. The van der Waals surface area contributed by atoms with Gasteiger partial charge in [0.15, 0.2) is 0 Å². The van der Waals surface area contributed by atoms with E-state index < -0.39 is 40.9 Å². The Morgan fingerprint density at radius 3 is 2.34 bits per heavy atom. The maximum Gasteiger partial charge on any atom is 0.341 e. The number of ether oxygens (including phenoxy) is 1. The predicted molar refractivity (Wildman–Crippen MR) is 109 cm³/mol. The standard InChI is InChI=1S/C22H21F2N3O5/c1-25-18(28)19(29)27-22(8-9-22)21(31)26-11-13-7-6-12(10-16(13)24)14-4-3-5-15(23)17(14)20(30)32-2/h3-7,10H,8-9,11H2,1-2H3,(H,25,28)(H,26,31)(H,27,29). The number of rotatable bonds is 6. The molecule has 0 spiro atoms. The van der Waals surface area contributed by atoms with E-state index in [4.69, 9.17) is 0 Å². The van der Waals surface area contributed by atoms with Crippen molar-refractivity contribution in [3.63, 3.8) is 0 Å². The third-order valence-corrected chi connectivity index (χ3v) is 5.18. The summed E-state index contributed by atoms with van der Waals surface area (Å²) in [6.07, 6.45) is 0.720. The van der Waals surface area contributed by atoms with E-state index in [1.807, 2.05) is 0 Å². The number of carbonyl (C=O) groups excluding carboxylic acids is 4. The van der Waals surface area contributed by atoms with Crippen LogP contribution in [0.15, 0.2) is 36.4 Å². The first-order chi connectivity index (χ1) is 15.2. The van der Waals surface area contributed by atoms with Crippen molar-refractivity contribution in [2.75, 3.05) is 14.2 Å². The SMILES string of the molecule is CNC(=O)C(=O)NC1(C(=O)NCc2ccc(-c3cccc(F)c3C(=O)OC)cc2F)CC1. The number of benzene rings is 2. The van der Waals surface area contributed by atoms with Gasteiger partial charge in [-0.3, -0.25) is 14.4 Å². The molecule has 0 radical (unpaired) electrons. The van der Waals surface area contributed by atoms with Gasteiger partial charge in [-0.1, -0.05) is 24.3 Å². The number of nitrogens with one attached hydrogen (secondary N) is 3. The van der Waals surface area contributed by atoms with Crippen molar-refractivity contribution in [2.45, 2.75) is 24.9 Å². The van der Waals surface area contributed by atoms with Crippen molar-refractivity contribution in [3.05, 3.63) is 59.2 Å². The minimum absolute atomic E-state index is 0.145. The number of esters is 1. The molecule has 2 aromatic rings. The van der Waals surface area contributed by atoms with Crippen LogP contribution in [-0.2, 0) is 25.7 Å². The Balaban J connectivity index is 1.73. The summed E-state index contributed by atoms with van der Waals surface area (Å²) in [5.74, 6) is -4.68. The van der Waals surface area contributed by atoms with Gasteiger partial charge in [-0.15, -0.1) is 0 Å². The van der Waals surface area contributed by atoms with Crippen LogP contribution in [0, 0.1) is 11.6 Å². The van der Waals surface area contributed by atoms with Crippen molar-refractivity contribution < 1.29 is 32.7 Å². The molecular formula is C22H21F2N3O5. The molecule has 2 aromatic carbocycles. The van der Waals surface area contributed by atoms with Gasteiger partial charge in [0.1, 0.15) is 22.7 Å². The van der Waals surface area contributed by atoms with Gasteiger partial charge in [-0.2, -0.15) is 0 Å². The van der Waals surface area contributed by atoms with Crippen LogP contribution >= 0.6 is 0 Å². The van der Waals surface area contributed by atoms with Gasteiger partial charge in [0.25, 0.3) is 0 Å². The Hall–Kier alpha value is -3.82. The fourth-order valence-electron chi connectivity index (χ4n) is 3.20. The highest BCUT2D eigenvalue weighted by Crippen LogP contribution is 2.35.